The molecule has 17 heavy (non-hydrogen) atoms. The second kappa shape index (κ2) is 5.85. The topological polar surface area (TPSA) is 40.5 Å². The van der Waals surface area contributed by atoms with E-state index in [9.17, 15) is 4.79 Å². The fraction of sp³-hybridized carbons (Fsp3) is 0.929. The molecule has 0 radical (unpaired) electrons. The van der Waals surface area contributed by atoms with Crippen molar-refractivity contribution in [2.75, 3.05) is 6.54 Å². The Balaban J connectivity index is 1.71. The van der Waals surface area contributed by atoms with Crippen LogP contribution in [0.1, 0.15) is 58.3 Å². The standard InChI is InChI=1S/C14H25NO2/c1-11(14(16)17)15(13-8-9-13)10-4-7-12-5-2-3-6-12/h11-13H,2-10H2,1H3,(H,16,17). The fourth-order valence-corrected chi connectivity index (χ4v) is 3.10. The van der Waals surface area contributed by atoms with Crippen molar-refractivity contribution in [3.63, 3.8) is 0 Å². The van der Waals surface area contributed by atoms with Crippen LogP contribution in [-0.2, 0) is 4.79 Å². The molecule has 0 amide bonds. The van der Waals surface area contributed by atoms with Gasteiger partial charge in [0.2, 0.25) is 0 Å². The van der Waals surface area contributed by atoms with Crippen LogP contribution in [0.5, 0.6) is 0 Å². The van der Waals surface area contributed by atoms with E-state index in [-0.39, 0.29) is 6.04 Å². The molecule has 2 saturated carbocycles. The maximum atomic E-state index is 11.1. The molecule has 2 aliphatic carbocycles. The van der Waals surface area contributed by atoms with E-state index >= 15 is 0 Å². The predicted octanol–water partition coefficient (Wildman–Crippen LogP) is 2.89. The largest absolute Gasteiger partial charge is 0.480 e. The highest BCUT2D eigenvalue weighted by Gasteiger charge is 2.34. The van der Waals surface area contributed by atoms with Gasteiger partial charge in [0.25, 0.3) is 0 Å². The van der Waals surface area contributed by atoms with Crippen molar-refractivity contribution >= 4 is 5.97 Å². The molecule has 0 aliphatic heterocycles. The number of aliphatic carboxylic acids is 1. The minimum Gasteiger partial charge on any atom is -0.480 e. The van der Waals surface area contributed by atoms with Gasteiger partial charge < -0.3 is 5.11 Å². The van der Waals surface area contributed by atoms with Crippen molar-refractivity contribution in [3.8, 4) is 0 Å². The summed E-state index contributed by atoms with van der Waals surface area (Å²) in [5.74, 6) is 0.258. The molecule has 0 bridgehead atoms. The molecule has 0 aromatic carbocycles. The predicted molar refractivity (Wildman–Crippen MR) is 68.0 cm³/mol. The third kappa shape index (κ3) is 3.70. The van der Waals surface area contributed by atoms with E-state index in [1.165, 1.54) is 51.4 Å². The van der Waals surface area contributed by atoms with E-state index in [1.54, 1.807) is 0 Å². The van der Waals surface area contributed by atoms with Crippen LogP contribution in [0.3, 0.4) is 0 Å². The van der Waals surface area contributed by atoms with Crippen LogP contribution in [0.15, 0.2) is 0 Å². The number of hydrogen-bond acceptors (Lipinski definition) is 2. The van der Waals surface area contributed by atoms with E-state index in [2.05, 4.69) is 4.90 Å². The summed E-state index contributed by atoms with van der Waals surface area (Å²) in [6.07, 6.45) is 10.5. The van der Waals surface area contributed by atoms with Crippen molar-refractivity contribution in [2.24, 2.45) is 5.92 Å². The van der Waals surface area contributed by atoms with E-state index in [0.717, 1.165) is 12.5 Å². The first-order valence-corrected chi connectivity index (χ1v) is 7.17. The minimum atomic E-state index is -0.669. The molecular formula is C14H25NO2. The number of hydrogen-bond donors (Lipinski definition) is 1. The lowest BCUT2D eigenvalue weighted by molar-refractivity contribution is -0.142. The third-order valence-corrected chi connectivity index (χ3v) is 4.37. The van der Waals surface area contributed by atoms with Crippen molar-refractivity contribution in [1.82, 2.24) is 4.90 Å². The number of rotatable bonds is 7. The molecule has 1 unspecified atom stereocenters. The van der Waals surface area contributed by atoms with E-state index in [0.29, 0.717) is 6.04 Å². The molecule has 2 fully saturated rings. The van der Waals surface area contributed by atoms with Gasteiger partial charge in [-0.25, -0.2) is 0 Å². The molecule has 0 aromatic rings. The molecule has 0 saturated heterocycles. The Labute approximate surface area is 104 Å². The molecule has 0 heterocycles. The lowest BCUT2D eigenvalue weighted by atomic mass is 10.0. The Hall–Kier alpha value is -0.570. The average molecular weight is 239 g/mol. The fourth-order valence-electron chi connectivity index (χ4n) is 3.10. The first-order chi connectivity index (χ1) is 8.18. The van der Waals surface area contributed by atoms with E-state index in [4.69, 9.17) is 5.11 Å². The van der Waals surface area contributed by atoms with Gasteiger partial charge in [0.1, 0.15) is 6.04 Å². The van der Waals surface area contributed by atoms with Crippen LogP contribution in [-0.4, -0.2) is 34.6 Å². The second-order valence-corrected chi connectivity index (χ2v) is 5.78. The Kier molecular flexibility index (Phi) is 4.43. The summed E-state index contributed by atoms with van der Waals surface area (Å²) in [5.41, 5.74) is 0. The summed E-state index contributed by atoms with van der Waals surface area (Å²) < 4.78 is 0. The third-order valence-electron chi connectivity index (χ3n) is 4.37. The average Bonchev–Trinajstić information content (AvgIpc) is 3.01. The summed E-state index contributed by atoms with van der Waals surface area (Å²) in [5, 5.41) is 9.10. The van der Waals surface area contributed by atoms with Gasteiger partial charge in [-0.05, 0) is 45.1 Å². The van der Waals surface area contributed by atoms with Gasteiger partial charge in [0.05, 0.1) is 0 Å². The first kappa shape index (κ1) is 12.9. The van der Waals surface area contributed by atoms with Gasteiger partial charge in [0.15, 0.2) is 0 Å². The zero-order chi connectivity index (χ0) is 12.3. The molecule has 3 heteroatoms. The molecule has 1 atom stereocenters. The Morgan fingerprint density at radius 3 is 2.47 bits per heavy atom. The number of carbonyl (C=O) groups is 1. The van der Waals surface area contributed by atoms with Crippen molar-refractivity contribution in [3.05, 3.63) is 0 Å². The van der Waals surface area contributed by atoms with Gasteiger partial charge in [-0.2, -0.15) is 0 Å². The molecule has 0 aromatic heterocycles. The quantitative estimate of drug-likeness (QED) is 0.742. The van der Waals surface area contributed by atoms with Gasteiger partial charge in [-0.3, -0.25) is 9.69 Å². The Morgan fingerprint density at radius 2 is 1.94 bits per heavy atom. The highest BCUT2D eigenvalue weighted by atomic mass is 16.4. The van der Waals surface area contributed by atoms with Gasteiger partial charge >= 0.3 is 5.97 Å². The lowest BCUT2D eigenvalue weighted by Crippen LogP contribution is -2.41. The zero-order valence-corrected chi connectivity index (χ0v) is 10.9. The number of nitrogens with zero attached hydrogens (tertiary/aromatic N) is 1. The normalized spacial score (nSPS) is 23.2. The summed E-state index contributed by atoms with van der Waals surface area (Å²) >= 11 is 0. The lowest BCUT2D eigenvalue weighted by Gasteiger charge is -2.26. The van der Waals surface area contributed by atoms with Gasteiger partial charge in [-0.1, -0.05) is 25.7 Å². The van der Waals surface area contributed by atoms with Crippen molar-refractivity contribution in [1.29, 1.82) is 0 Å². The summed E-state index contributed by atoms with van der Waals surface area (Å²) in [6.45, 7) is 2.81. The maximum Gasteiger partial charge on any atom is 0.320 e. The molecular weight excluding hydrogens is 214 g/mol. The molecule has 2 aliphatic rings. The van der Waals surface area contributed by atoms with Crippen LogP contribution < -0.4 is 0 Å². The molecule has 3 nitrogen and oxygen atoms in total. The molecule has 0 spiro atoms. The molecule has 2 rings (SSSR count). The highest BCUT2D eigenvalue weighted by molar-refractivity contribution is 5.73. The Morgan fingerprint density at radius 1 is 1.29 bits per heavy atom. The molecule has 1 N–H and O–H groups in total. The van der Waals surface area contributed by atoms with E-state index < -0.39 is 5.97 Å². The summed E-state index contributed by atoms with van der Waals surface area (Å²) in [6, 6.07) is 0.260. The van der Waals surface area contributed by atoms with E-state index in [1.807, 2.05) is 6.92 Å². The Bertz CT molecular complexity index is 257. The second-order valence-electron chi connectivity index (χ2n) is 5.78. The zero-order valence-electron chi connectivity index (χ0n) is 10.9. The maximum absolute atomic E-state index is 11.1. The van der Waals surface area contributed by atoms with Crippen LogP contribution >= 0.6 is 0 Å². The summed E-state index contributed by atoms with van der Waals surface area (Å²) in [7, 11) is 0. The SMILES string of the molecule is CC(C(=O)O)N(CCCC1CCCC1)C1CC1. The van der Waals surface area contributed by atoms with Gasteiger partial charge in [0, 0.05) is 6.04 Å². The van der Waals surface area contributed by atoms with Crippen LogP contribution in [0.2, 0.25) is 0 Å². The van der Waals surface area contributed by atoms with Crippen LogP contribution in [0.25, 0.3) is 0 Å². The van der Waals surface area contributed by atoms with Crippen LogP contribution in [0, 0.1) is 5.92 Å². The first-order valence-electron chi connectivity index (χ1n) is 7.17. The summed E-state index contributed by atoms with van der Waals surface area (Å²) in [4.78, 5) is 13.3. The number of carboxylic acids is 1. The monoisotopic (exact) mass is 239 g/mol. The van der Waals surface area contributed by atoms with Crippen molar-refractivity contribution < 1.29 is 9.90 Å². The van der Waals surface area contributed by atoms with Gasteiger partial charge in [-0.15, -0.1) is 0 Å². The molecule has 98 valence electrons. The minimum absolute atomic E-state index is 0.300. The van der Waals surface area contributed by atoms with Crippen LogP contribution in [0.4, 0.5) is 0 Å². The highest BCUT2D eigenvalue weighted by Crippen LogP contribution is 2.31. The van der Waals surface area contributed by atoms with Crippen molar-refractivity contribution in [2.45, 2.75) is 70.4 Å². The smallest absolute Gasteiger partial charge is 0.320 e. The number of carboxylic acid groups (broad SMARTS) is 1.